The van der Waals surface area contributed by atoms with E-state index in [2.05, 4.69) is 16.0 Å². The van der Waals surface area contributed by atoms with Gasteiger partial charge in [-0.05, 0) is 48.4 Å². The van der Waals surface area contributed by atoms with Gasteiger partial charge < -0.3 is 20.7 Å². The summed E-state index contributed by atoms with van der Waals surface area (Å²) in [5, 5.41) is 8.27. The zero-order valence-corrected chi connectivity index (χ0v) is 23.1. The number of amides is 3. The van der Waals surface area contributed by atoms with Crippen LogP contribution in [-0.4, -0.2) is 36.3 Å². The molecular weight excluding hydrogens is 530 g/mol. The number of esters is 1. The Hall–Kier alpha value is -5.50. The van der Waals surface area contributed by atoms with Crippen molar-refractivity contribution in [1.82, 2.24) is 5.32 Å². The molecule has 0 aromatic heterocycles. The topological polar surface area (TPSA) is 114 Å². The fourth-order valence-electron chi connectivity index (χ4n) is 4.20. The highest BCUT2D eigenvalue weighted by Crippen LogP contribution is 2.21. The van der Waals surface area contributed by atoms with Gasteiger partial charge in [0.2, 0.25) is 5.91 Å². The normalized spacial score (nSPS) is 11.4. The molecule has 212 valence electrons. The van der Waals surface area contributed by atoms with Gasteiger partial charge in [0, 0.05) is 12.5 Å². The second-order valence-electron chi connectivity index (χ2n) is 9.25. The molecule has 0 spiro atoms. The Morgan fingerprint density at radius 3 is 1.88 bits per heavy atom. The van der Waals surface area contributed by atoms with Crippen LogP contribution in [0, 0.1) is 0 Å². The summed E-state index contributed by atoms with van der Waals surface area (Å²) in [6.45, 7) is 1.87. The van der Waals surface area contributed by atoms with Gasteiger partial charge in [-0.15, -0.1) is 0 Å². The fraction of sp³-hybridized carbons (Fsp3) is 0.118. The Morgan fingerprint density at radius 2 is 1.24 bits per heavy atom. The number of carbonyl (C=O) groups is 4. The minimum Gasteiger partial charge on any atom is -0.464 e. The standard InChI is InChI=1S/C34H31N3O5/c1-2-42-34(41)30(23-25-15-7-4-8-16-25)37-33(40)27-18-10-12-20-29(27)36-32(39)26-17-9-11-19-28(26)35-31(38)22-21-24-13-5-3-6-14-24/h3-22,30H,2,23H2,1H3,(H,35,38)(H,36,39)(H,37,40)/b22-21+. The summed E-state index contributed by atoms with van der Waals surface area (Å²) in [6.07, 6.45) is 3.30. The Balaban J connectivity index is 1.49. The molecule has 1 unspecified atom stereocenters. The van der Waals surface area contributed by atoms with Crippen molar-refractivity contribution >= 4 is 41.1 Å². The van der Waals surface area contributed by atoms with E-state index in [4.69, 9.17) is 4.74 Å². The van der Waals surface area contributed by atoms with Crippen molar-refractivity contribution in [3.63, 3.8) is 0 Å². The molecule has 42 heavy (non-hydrogen) atoms. The molecule has 0 aliphatic rings. The van der Waals surface area contributed by atoms with E-state index in [1.807, 2.05) is 60.7 Å². The lowest BCUT2D eigenvalue weighted by molar-refractivity contribution is -0.145. The molecule has 0 bridgehead atoms. The number of nitrogens with one attached hydrogen (secondary N) is 3. The van der Waals surface area contributed by atoms with Gasteiger partial charge in [0.25, 0.3) is 11.8 Å². The van der Waals surface area contributed by atoms with E-state index in [1.54, 1.807) is 61.5 Å². The number of carbonyl (C=O) groups excluding carboxylic acids is 4. The number of anilines is 2. The van der Waals surface area contributed by atoms with Crippen molar-refractivity contribution in [2.75, 3.05) is 17.2 Å². The Bertz CT molecular complexity index is 1570. The first-order chi connectivity index (χ1) is 20.4. The first-order valence-corrected chi connectivity index (χ1v) is 13.5. The van der Waals surface area contributed by atoms with Crippen LogP contribution in [-0.2, 0) is 20.7 Å². The summed E-state index contributed by atoms with van der Waals surface area (Å²) >= 11 is 0. The van der Waals surface area contributed by atoms with Crippen LogP contribution in [0.1, 0.15) is 38.8 Å². The molecule has 0 saturated carbocycles. The molecule has 4 aromatic rings. The largest absolute Gasteiger partial charge is 0.464 e. The van der Waals surface area contributed by atoms with Crippen LogP contribution in [0.4, 0.5) is 11.4 Å². The van der Waals surface area contributed by atoms with Crippen molar-refractivity contribution in [3.05, 3.63) is 138 Å². The average molecular weight is 562 g/mol. The van der Waals surface area contributed by atoms with Crippen LogP contribution in [0.2, 0.25) is 0 Å². The molecule has 0 heterocycles. The molecule has 0 aliphatic carbocycles. The summed E-state index contributed by atoms with van der Waals surface area (Å²) in [5.41, 5.74) is 2.65. The van der Waals surface area contributed by atoms with Crippen molar-refractivity contribution in [2.24, 2.45) is 0 Å². The number of hydrogen-bond donors (Lipinski definition) is 3. The van der Waals surface area contributed by atoms with Crippen LogP contribution in [0.5, 0.6) is 0 Å². The lowest BCUT2D eigenvalue weighted by atomic mass is 10.0. The lowest BCUT2D eigenvalue weighted by Gasteiger charge is -2.19. The zero-order valence-electron chi connectivity index (χ0n) is 23.1. The van der Waals surface area contributed by atoms with E-state index in [0.717, 1.165) is 11.1 Å². The van der Waals surface area contributed by atoms with E-state index in [1.165, 1.54) is 6.08 Å². The van der Waals surface area contributed by atoms with Gasteiger partial charge in [0.05, 0.1) is 29.1 Å². The third-order valence-electron chi connectivity index (χ3n) is 6.24. The molecule has 1 atom stereocenters. The Labute approximate surface area is 244 Å². The first-order valence-electron chi connectivity index (χ1n) is 13.5. The zero-order chi connectivity index (χ0) is 29.7. The molecule has 8 nitrogen and oxygen atoms in total. The molecule has 0 aliphatic heterocycles. The van der Waals surface area contributed by atoms with E-state index in [0.29, 0.717) is 5.69 Å². The van der Waals surface area contributed by atoms with Crippen LogP contribution in [0.15, 0.2) is 115 Å². The highest BCUT2D eigenvalue weighted by atomic mass is 16.5. The quantitative estimate of drug-likeness (QED) is 0.165. The summed E-state index contributed by atoms with van der Waals surface area (Å²) < 4.78 is 5.19. The highest BCUT2D eigenvalue weighted by Gasteiger charge is 2.25. The van der Waals surface area contributed by atoms with E-state index in [-0.39, 0.29) is 29.8 Å². The van der Waals surface area contributed by atoms with Crippen molar-refractivity contribution in [1.29, 1.82) is 0 Å². The van der Waals surface area contributed by atoms with Gasteiger partial charge in [0.15, 0.2) is 0 Å². The van der Waals surface area contributed by atoms with Gasteiger partial charge >= 0.3 is 5.97 Å². The Kier molecular flexibility index (Phi) is 10.4. The SMILES string of the molecule is CCOC(=O)C(Cc1ccccc1)NC(=O)c1ccccc1NC(=O)c1ccccc1NC(=O)/C=C/c1ccccc1. The van der Waals surface area contributed by atoms with Gasteiger partial charge in [-0.1, -0.05) is 84.9 Å². The fourth-order valence-corrected chi connectivity index (χ4v) is 4.20. The first kappa shape index (κ1) is 29.5. The summed E-state index contributed by atoms with van der Waals surface area (Å²) in [6, 6.07) is 30.8. The van der Waals surface area contributed by atoms with Crippen molar-refractivity contribution in [2.45, 2.75) is 19.4 Å². The van der Waals surface area contributed by atoms with Gasteiger partial charge in [-0.2, -0.15) is 0 Å². The molecule has 0 saturated heterocycles. The molecule has 4 aromatic carbocycles. The lowest BCUT2D eigenvalue weighted by Crippen LogP contribution is -2.43. The maximum absolute atomic E-state index is 13.4. The predicted octanol–water partition coefficient (Wildman–Crippen LogP) is 5.50. The molecular formula is C34H31N3O5. The maximum atomic E-state index is 13.4. The van der Waals surface area contributed by atoms with Gasteiger partial charge in [-0.3, -0.25) is 14.4 Å². The third kappa shape index (κ3) is 8.25. The molecule has 4 rings (SSSR count). The number of ether oxygens (including phenoxy) is 1. The van der Waals surface area contributed by atoms with Crippen molar-refractivity contribution in [3.8, 4) is 0 Å². The molecule has 3 amide bonds. The second-order valence-corrected chi connectivity index (χ2v) is 9.25. The summed E-state index contributed by atoms with van der Waals surface area (Å²) in [7, 11) is 0. The van der Waals surface area contributed by atoms with Gasteiger partial charge in [-0.25, -0.2) is 4.79 Å². The van der Waals surface area contributed by atoms with Crippen LogP contribution < -0.4 is 16.0 Å². The average Bonchev–Trinajstić information content (AvgIpc) is 3.01. The highest BCUT2D eigenvalue weighted by molar-refractivity contribution is 6.14. The van der Waals surface area contributed by atoms with E-state index < -0.39 is 29.7 Å². The molecule has 0 radical (unpaired) electrons. The Morgan fingerprint density at radius 1 is 0.690 bits per heavy atom. The van der Waals surface area contributed by atoms with Crippen LogP contribution >= 0.6 is 0 Å². The monoisotopic (exact) mass is 561 g/mol. The minimum absolute atomic E-state index is 0.167. The minimum atomic E-state index is -0.927. The van der Waals surface area contributed by atoms with Gasteiger partial charge in [0.1, 0.15) is 6.04 Å². The van der Waals surface area contributed by atoms with Crippen molar-refractivity contribution < 1.29 is 23.9 Å². The number of rotatable bonds is 11. The molecule has 3 N–H and O–H groups in total. The van der Waals surface area contributed by atoms with Crippen LogP contribution in [0.25, 0.3) is 6.08 Å². The number of para-hydroxylation sites is 2. The van der Waals surface area contributed by atoms with E-state index >= 15 is 0 Å². The summed E-state index contributed by atoms with van der Waals surface area (Å²) in [4.78, 5) is 51.9. The third-order valence-corrected chi connectivity index (χ3v) is 6.24. The second kappa shape index (κ2) is 14.8. The molecule has 8 heteroatoms. The number of hydrogen-bond acceptors (Lipinski definition) is 5. The summed E-state index contributed by atoms with van der Waals surface area (Å²) in [5.74, 6) is -2.03. The predicted molar refractivity (Wildman–Crippen MR) is 163 cm³/mol. The van der Waals surface area contributed by atoms with E-state index in [9.17, 15) is 19.2 Å². The smallest absolute Gasteiger partial charge is 0.328 e. The number of benzene rings is 4. The molecule has 0 fully saturated rings. The van der Waals surface area contributed by atoms with Crippen LogP contribution in [0.3, 0.4) is 0 Å². The maximum Gasteiger partial charge on any atom is 0.328 e.